The molecule has 30 heavy (non-hydrogen) atoms. The van der Waals surface area contributed by atoms with Crippen LogP contribution in [0.15, 0.2) is 23.3 Å². The maximum Gasteiger partial charge on any atom is 0.222 e. The number of likely N-dealkylation sites (tertiary alicyclic amines) is 1. The fourth-order valence-corrected chi connectivity index (χ4v) is 5.40. The van der Waals surface area contributed by atoms with E-state index in [2.05, 4.69) is 33.1 Å². The number of nitrogens with zero attached hydrogens (tertiary/aromatic N) is 4. The van der Waals surface area contributed by atoms with Crippen LogP contribution in [0, 0.1) is 17.8 Å². The number of guanidine groups is 1. The highest BCUT2D eigenvalue weighted by molar-refractivity contribution is 5.80. The van der Waals surface area contributed by atoms with Crippen LogP contribution in [-0.4, -0.2) is 54.5 Å². The van der Waals surface area contributed by atoms with Crippen LogP contribution in [0.1, 0.15) is 51.0 Å². The summed E-state index contributed by atoms with van der Waals surface area (Å²) in [6, 6.07) is 4.08. The molecule has 0 radical (unpaired) electrons. The van der Waals surface area contributed by atoms with Crippen molar-refractivity contribution >= 4 is 17.7 Å². The summed E-state index contributed by atoms with van der Waals surface area (Å²) in [5, 5.41) is 3.51. The average Bonchev–Trinajstić information content (AvgIpc) is 3.21. The van der Waals surface area contributed by atoms with Crippen molar-refractivity contribution in [1.29, 1.82) is 0 Å². The van der Waals surface area contributed by atoms with Gasteiger partial charge in [0.05, 0.1) is 12.5 Å². The minimum atomic E-state index is -0.208. The molecular formula is C23H36N6O. The Morgan fingerprint density at radius 3 is 2.67 bits per heavy atom. The zero-order valence-corrected chi connectivity index (χ0v) is 18.2. The summed E-state index contributed by atoms with van der Waals surface area (Å²) >= 11 is 0. The van der Waals surface area contributed by atoms with E-state index in [4.69, 9.17) is 10.7 Å². The Labute approximate surface area is 180 Å². The molecule has 4 rings (SSSR count). The molecule has 164 valence electrons. The SMILES string of the molecule is CCNC(=NCc1cccnc1N1CCCC(C(N)=O)C1)N1CC2CCCCC2C1. The van der Waals surface area contributed by atoms with Gasteiger partial charge < -0.3 is 20.9 Å². The van der Waals surface area contributed by atoms with Crippen LogP contribution in [-0.2, 0) is 11.3 Å². The van der Waals surface area contributed by atoms with Gasteiger partial charge in [0.25, 0.3) is 0 Å². The maximum absolute atomic E-state index is 11.7. The molecule has 1 amide bonds. The molecule has 0 spiro atoms. The zero-order chi connectivity index (χ0) is 20.9. The number of nitrogens with two attached hydrogens (primary N) is 1. The number of carbonyl (C=O) groups excluding carboxylic acids is 1. The number of carbonyl (C=O) groups is 1. The normalized spacial score (nSPS) is 27.1. The highest BCUT2D eigenvalue weighted by Crippen LogP contribution is 2.36. The lowest BCUT2D eigenvalue weighted by Crippen LogP contribution is -2.42. The minimum absolute atomic E-state index is 0.0950. The summed E-state index contributed by atoms with van der Waals surface area (Å²) < 4.78 is 0. The second-order valence-electron chi connectivity index (χ2n) is 9.05. The molecule has 1 saturated carbocycles. The number of aromatic nitrogens is 1. The Balaban J connectivity index is 1.48. The van der Waals surface area contributed by atoms with Gasteiger partial charge in [-0.15, -0.1) is 0 Å². The van der Waals surface area contributed by atoms with Crippen molar-refractivity contribution in [2.24, 2.45) is 28.5 Å². The van der Waals surface area contributed by atoms with Gasteiger partial charge in [-0.05, 0) is 50.5 Å². The first-order valence-electron chi connectivity index (χ1n) is 11.7. The van der Waals surface area contributed by atoms with E-state index >= 15 is 0 Å². The lowest BCUT2D eigenvalue weighted by molar-refractivity contribution is -0.122. The van der Waals surface area contributed by atoms with Crippen LogP contribution in [0.5, 0.6) is 0 Å². The molecule has 3 aliphatic rings. The molecule has 2 aliphatic heterocycles. The monoisotopic (exact) mass is 412 g/mol. The largest absolute Gasteiger partial charge is 0.369 e. The number of anilines is 1. The number of hydrogen-bond acceptors (Lipinski definition) is 4. The van der Waals surface area contributed by atoms with Gasteiger partial charge in [-0.25, -0.2) is 9.98 Å². The molecule has 2 saturated heterocycles. The maximum atomic E-state index is 11.7. The van der Waals surface area contributed by atoms with Crippen molar-refractivity contribution in [3.8, 4) is 0 Å². The Kier molecular flexibility index (Phi) is 6.75. The second kappa shape index (κ2) is 9.67. The highest BCUT2D eigenvalue weighted by Gasteiger charge is 2.35. The lowest BCUT2D eigenvalue weighted by atomic mass is 9.82. The molecule has 0 bridgehead atoms. The molecular weight excluding hydrogens is 376 g/mol. The van der Waals surface area contributed by atoms with Gasteiger partial charge in [0.2, 0.25) is 5.91 Å². The topological polar surface area (TPSA) is 86.9 Å². The number of fused-ring (bicyclic) bond motifs is 1. The van der Waals surface area contributed by atoms with E-state index in [1.54, 1.807) is 0 Å². The fraction of sp³-hybridized carbons (Fsp3) is 0.696. The van der Waals surface area contributed by atoms with E-state index in [-0.39, 0.29) is 11.8 Å². The summed E-state index contributed by atoms with van der Waals surface area (Å²) in [5.74, 6) is 3.32. The highest BCUT2D eigenvalue weighted by atomic mass is 16.1. The van der Waals surface area contributed by atoms with Gasteiger partial charge in [0, 0.05) is 44.5 Å². The van der Waals surface area contributed by atoms with Gasteiger partial charge in [-0.3, -0.25) is 4.79 Å². The van der Waals surface area contributed by atoms with Crippen molar-refractivity contribution in [2.75, 3.05) is 37.6 Å². The molecule has 0 aromatic carbocycles. The molecule has 7 nitrogen and oxygen atoms in total. The number of hydrogen-bond donors (Lipinski definition) is 2. The average molecular weight is 413 g/mol. The predicted molar refractivity (Wildman–Crippen MR) is 120 cm³/mol. The number of amides is 1. The first-order valence-corrected chi connectivity index (χ1v) is 11.7. The molecule has 3 heterocycles. The molecule has 1 aliphatic carbocycles. The molecule has 3 fully saturated rings. The van der Waals surface area contributed by atoms with Gasteiger partial charge >= 0.3 is 0 Å². The van der Waals surface area contributed by atoms with Crippen LogP contribution in [0.25, 0.3) is 0 Å². The third-order valence-electron chi connectivity index (χ3n) is 7.00. The van der Waals surface area contributed by atoms with Crippen LogP contribution >= 0.6 is 0 Å². The van der Waals surface area contributed by atoms with E-state index in [1.807, 2.05) is 12.3 Å². The van der Waals surface area contributed by atoms with E-state index in [0.717, 1.165) is 68.2 Å². The molecule has 1 aromatic heterocycles. The van der Waals surface area contributed by atoms with E-state index in [9.17, 15) is 4.79 Å². The number of nitrogens with one attached hydrogen (secondary N) is 1. The molecule has 3 N–H and O–H groups in total. The summed E-state index contributed by atoms with van der Waals surface area (Å²) in [6.07, 6.45) is 9.15. The van der Waals surface area contributed by atoms with E-state index in [0.29, 0.717) is 13.1 Å². The van der Waals surface area contributed by atoms with Crippen LogP contribution in [0.2, 0.25) is 0 Å². The standard InChI is InChI=1S/C23H36N6O/c1-2-25-23(29-14-18-7-3-4-8-19(18)15-29)27-13-17-9-5-11-26-22(17)28-12-6-10-20(16-28)21(24)30/h5,9,11,18-20H,2-4,6-8,10,12-16H2,1H3,(H2,24,30)(H,25,27). The molecule has 3 unspecified atom stereocenters. The zero-order valence-electron chi connectivity index (χ0n) is 18.2. The quantitative estimate of drug-likeness (QED) is 0.573. The van der Waals surface area contributed by atoms with Crippen LogP contribution < -0.4 is 16.0 Å². The van der Waals surface area contributed by atoms with Gasteiger partial charge in [0.15, 0.2) is 5.96 Å². The van der Waals surface area contributed by atoms with Crippen molar-refractivity contribution in [1.82, 2.24) is 15.2 Å². The first-order chi connectivity index (χ1) is 14.7. The van der Waals surface area contributed by atoms with E-state index < -0.39 is 0 Å². The Morgan fingerprint density at radius 1 is 1.20 bits per heavy atom. The van der Waals surface area contributed by atoms with Gasteiger partial charge in [-0.2, -0.15) is 0 Å². The summed E-state index contributed by atoms with van der Waals surface area (Å²) in [6.45, 7) is 7.41. The molecule has 1 aromatic rings. The predicted octanol–water partition coefficient (Wildman–Crippen LogP) is 2.37. The van der Waals surface area contributed by atoms with Crippen molar-refractivity contribution in [3.05, 3.63) is 23.9 Å². The van der Waals surface area contributed by atoms with Crippen LogP contribution in [0.3, 0.4) is 0 Å². The number of piperidine rings is 1. The third-order valence-corrected chi connectivity index (χ3v) is 7.00. The summed E-state index contributed by atoms with van der Waals surface area (Å²) in [4.78, 5) is 26.0. The second-order valence-corrected chi connectivity index (χ2v) is 9.05. The number of aliphatic imine (C=N–C) groups is 1. The van der Waals surface area contributed by atoms with E-state index in [1.165, 1.54) is 25.7 Å². The van der Waals surface area contributed by atoms with Gasteiger partial charge in [0.1, 0.15) is 5.82 Å². The van der Waals surface area contributed by atoms with Gasteiger partial charge in [-0.1, -0.05) is 18.9 Å². The Bertz CT molecular complexity index is 752. The number of primary amides is 1. The number of pyridine rings is 1. The van der Waals surface area contributed by atoms with Crippen LogP contribution in [0.4, 0.5) is 5.82 Å². The van der Waals surface area contributed by atoms with Crippen molar-refractivity contribution < 1.29 is 4.79 Å². The minimum Gasteiger partial charge on any atom is -0.369 e. The van der Waals surface area contributed by atoms with Crippen molar-refractivity contribution in [3.63, 3.8) is 0 Å². The molecule has 3 atom stereocenters. The smallest absolute Gasteiger partial charge is 0.222 e. The lowest BCUT2D eigenvalue weighted by Gasteiger charge is -2.33. The Morgan fingerprint density at radius 2 is 1.97 bits per heavy atom. The third kappa shape index (κ3) is 4.71. The fourth-order valence-electron chi connectivity index (χ4n) is 5.40. The first kappa shape index (κ1) is 20.9. The summed E-state index contributed by atoms with van der Waals surface area (Å²) in [5.41, 5.74) is 6.68. The molecule has 7 heteroatoms. The summed E-state index contributed by atoms with van der Waals surface area (Å²) in [7, 11) is 0. The number of rotatable bonds is 5. The van der Waals surface area contributed by atoms with Crippen molar-refractivity contribution in [2.45, 2.75) is 52.0 Å². The Hall–Kier alpha value is -2.31.